The van der Waals surface area contributed by atoms with Crippen molar-refractivity contribution in [2.24, 2.45) is 0 Å². The molecule has 0 aromatic rings. The molecule has 3 nitrogen and oxygen atoms in total. The molecule has 3 heteroatoms. The number of nitrogens with one attached hydrogen (secondary N) is 1. The van der Waals surface area contributed by atoms with Gasteiger partial charge >= 0.3 is 6.03 Å². The molecular weight excluding hydrogens is 140 g/mol. The van der Waals surface area contributed by atoms with Crippen molar-refractivity contribution in [1.29, 1.82) is 0 Å². The van der Waals surface area contributed by atoms with Gasteiger partial charge in [0.25, 0.3) is 0 Å². The summed E-state index contributed by atoms with van der Waals surface area (Å²) in [7, 11) is 1.64. The molecule has 0 aromatic carbocycles. The zero-order valence-electron chi connectivity index (χ0n) is 8.27. The SMILES string of the molecule is CC.CCN(CC)C(=O)NC. The van der Waals surface area contributed by atoms with E-state index in [9.17, 15) is 4.79 Å². The zero-order chi connectivity index (χ0) is 9.28. The molecule has 0 saturated carbocycles. The fourth-order valence-corrected chi connectivity index (χ4v) is 0.669. The van der Waals surface area contributed by atoms with Gasteiger partial charge in [-0.15, -0.1) is 0 Å². The Morgan fingerprint density at radius 1 is 1.27 bits per heavy atom. The summed E-state index contributed by atoms with van der Waals surface area (Å²) in [5, 5.41) is 2.55. The van der Waals surface area contributed by atoms with Crippen LogP contribution in [0.1, 0.15) is 27.7 Å². The molecule has 0 aliphatic rings. The van der Waals surface area contributed by atoms with Crippen LogP contribution in [0.15, 0.2) is 0 Å². The van der Waals surface area contributed by atoms with Crippen LogP contribution < -0.4 is 5.32 Å². The molecule has 0 fully saturated rings. The molecule has 0 spiro atoms. The van der Waals surface area contributed by atoms with Gasteiger partial charge in [-0.25, -0.2) is 4.79 Å². The molecule has 0 radical (unpaired) electrons. The molecule has 0 rings (SSSR count). The summed E-state index contributed by atoms with van der Waals surface area (Å²) in [6.07, 6.45) is 0. The third-order valence-electron chi connectivity index (χ3n) is 1.26. The van der Waals surface area contributed by atoms with Gasteiger partial charge in [-0.05, 0) is 13.8 Å². The first-order valence-corrected chi connectivity index (χ1v) is 4.22. The van der Waals surface area contributed by atoms with Crippen molar-refractivity contribution < 1.29 is 4.79 Å². The zero-order valence-corrected chi connectivity index (χ0v) is 8.27. The average Bonchev–Trinajstić information content (AvgIpc) is 2.10. The third kappa shape index (κ3) is 5.70. The summed E-state index contributed by atoms with van der Waals surface area (Å²) in [5.41, 5.74) is 0. The largest absolute Gasteiger partial charge is 0.341 e. The third-order valence-corrected chi connectivity index (χ3v) is 1.26. The highest BCUT2D eigenvalue weighted by Gasteiger charge is 2.03. The molecule has 0 aromatic heterocycles. The number of rotatable bonds is 2. The van der Waals surface area contributed by atoms with Gasteiger partial charge < -0.3 is 10.2 Å². The van der Waals surface area contributed by atoms with E-state index in [0.717, 1.165) is 13.1 Å². The fraction of sp³-hybridized carbons (Fsp3) is 0.875. The van der Waals surface area contributed by atoms with Crippen LogP contribution in [0.4, 0.5) is 4.79 Å². The topological polar surface area (TPSA) is 32.3 Å². The minimum Gasteiger partial charge on any atom is -0.341 e. The van der Waals surface area contributed by atoms with Gasteiger partial charge in [0.05, 0.1) is 0 Å². The van der Waals surface area contributed by atoms with Crippen LogP contribution in [0.5, 0.6) is 0 Å². The van der Waals surface area contributed by atoms with E-state index in [1.807, 2.05) is 27.7 Å². The molecule has 0 bridgehead atoms. The van der Waals surface area contributed by atoms with E-state index in [1.54, 1.807) is 11.9 Å². The van der Waals surface area contributed by atoms with Gasteiger partial charge in [-0.2, -0.15) is 0 Å². The Bertz CT molecular complexity index is 90.1. The van der Waals surface area contributed by atoms with Crippen molar-refractivity contribution in [3.05, 3.63) is 0 Å². The Morgan fingerprint density at radius 2 is 1.64 bits per heavy atom. The van der Waals surface area contributed by atoms with Crippen molar-refractivity contribution in [1.82, 2.24) is 10.2 Å². The summed E-state index contributed by atoms with van der Waals surface area (Å²) >= 11 is 0. The molecule has 0 atom stereocenters. The van der Waals surface area contributed by atoms with E-state index in [-0.39, 0.29) is 6.03 Å². The van der Waals surface area contributed by atoms with E-state index >= 15 is 0 Å². The maximum atomic E-state index is 10.8. The number of amides is 2. The first-order valence-electron chi connectivity index (χ1n) is 4.22. The highest BCUT2D eigenvalue weighted by atomic mass is 16.2. The predicted molar refractivity (Wildman–Crippen MR) is 48.7 cm³/mol. The smallest absolute Gasteiger partial charge is 0.317 e. The van der Waals surface area contributed by atoms with E-state index in [0.29, 0.717) is 0 Å². The summed E-state index contributed by atoms with van der Waals surface area (Å²) in [6.45, 7) is 9.46. The second kappa shape index (κ2) is 9.27. The molecule has 0 aliphatic carbocycles. The standard InChI is InChI=1S/C6H14N2O.C2H6/c1-4-8(5-2)6(9)7-3;1-2/h4-5H2,1-3H3,(H,7,9);1-2H3. The van der Waals surface area contributed by atoms with E-state index < -0.39 is 0 Å². The lowest BCUT2D eigenvalue weighted by molar-refractivity contribution is 0.205. The van der Waals surface area contributed by atoms with Gasteiger partial charge in [-0.1, -0.05) is 13.8 Å². The van der Waals surface area contributed by atoms with Crippen molar-refractivity contribution >= 4 is 6.03 Å². The number of urea groups is 1. The molecule has 0 unspecified atom stereocenters. The van der Waals surface area contributed by atoms with E-state index in [4.69, 9.17) is 0 Å². The highest BCUT2D eigenvalue weighted by Crippen LogP contribution is 1.85. The van der Waals surface area contributed by atoms with Crippen LogP contribution in [-0.2, 0) is 0 Å². The maximum Gasteiger partial charge on any atom is 0.317 e. The minimum absolute atomic E-state index is 0.000000000000000222. The van der Waals surface area contributed by atoms with Crippen LogP contribution in [-0.4, -0.2) is 31.1 Å². The van der Waals surface area contributed by atoms with E-state index in [1.165, 1.54) is 0 Å². The van der Waals surface area contributed by atoms with Crippen LogP contribution in [0.3, 0.4) is 0 Å². The quantitative estimate of drug-likeness (QED) is 0.655. The Kier molecular flexibility index (Phi) is 10.9. The monoisotopic (exact) mass is 160 g/mol. The maximum absolute atomic E-state index is 10.8. The van der Waals surface area contributed by atoms with Crippen LogP contribution in [0, 0.1) is 0 Å². The van der Waals surface area contributed by atoms with Crippen LogP contribution in [0.2, 0.25) is 0 Å². The predicted octanol–water partition coefficient (Wildman–Crippen LogP) is 1.69. The van der Waals surface area contributed by atoms with E-state index in [2.05, 4.69) is 5.32 Å². The lowest BCUT2D eigenvalue weighted by atomic mass is 10.5. The Hall–Kier alpha value is -0.730. The molecular formula is C8H20N2O. The molecule has 1 N–H and O–H groups in total. The summed E-state index contributed by atoms with van der Waals surface area (Å²) in [6, 6.07) is 0.000000000000000222. The molecule has 2 amide bonds. The fourth-order valence-electron chi connectivity index (χ4n) is 0.669. The summed E-state index contributed by atoms with van der Waals surface area (Å²) in [5.74, 6) is 0. The van der Waals surface area contributed by atoms with Gasteiger partial charge in [0, 0.05) is 20.1 Å². The number of hydrogen-bond donors (Lipinski definition) is 1. The van der Waals surface area contributed by atoms with Crippen molar-refractivity contribution in [3.8, 4) is 0 Å². The highest BCUT2D eigenvalue weighted by molar-refractivity contribution is 5.73. The molecule has 0 saturated heterocycles. The number of carbonyl (C=O) groups is 1. The second-order valence-corrected chi connectivity index (χ2v) is 1.73. The van der Waals surface area contributed by atoms with Crippen molar-refractivity contribution in [2.75, 3.05) is 20.1 Å². The first-order chi connectivity index (χ1) is 5.26. The summed E-state index contributed by atoms with van der Waals surface area (Å²) in [4.78, 5) is 12.5. The molecule has 11 heavy (non-hydrogen) atoms. The molecule has 0 aliphatic heterocycles. The Labute approximate surface area is 69.8 Å². The van der Waals surface area contributed by atoms with Crippen molar-refractivity contribution in [3.63, 3.8) is 0 Å². The van der Waals surface area contributed by atoms with Gasteiger partial charge in [0.2, 0.25) is 0 Å². The lowest BCUT2D eigenvalue weighted by Crippen LogP contribution is -2.37. The normalized spacial score (nSPS) is 7.73. The number of nitrogens with zero attached hydrogens (tertiary/aromatic N) is 1. The second-order valence-electron chi connectivity index (χ2n) is 1.73. The van der Waals surface area contributed by atoms with Gasteiger partial charge in [0.15, 0.2) is 0 Å². The first kappa shape index (κ1) is 12.9. The van der Waals surface area contributed by atoms with Gasteiger partial charge in [-0.3, -0.25) is 0 Å². The van der Waals surface area contributed by atoms with Crippen LogP contribution >= 0.6 is 0 Å². The molecule has 68 valence electrons. The lowest BCUT2D eigenvalue weighted by Gasteiger charge is -2.16. The van der Waals surface area contributed by atoms with Crippen LogP contribution in [0.25, 0.3) is 0 Å². The Balaban J connectivity index is 0. The Morgan fingerprint density at radius 3 is 1.73 bits per heavy atom. The number of hydrogen-bond acceptors (Lipinski definition) is 1. The number of carbonyl (C=O) groups excluding carboxylic acids is 1. The molecule has 0 heterocycles. The minimum atomic E-state index is 0.000000000000000222. The van der Waals surface area contributed by atoms with Gasteiger partial charge in [0.1, 0.15) is 0 Å². The summed E-state index contributed by atoms with van der Waals surface area (Å²) < 4.78 is 0. The average molecular weight is 160 g/mol. The van der Waals surface area contributed by atoms with Crippen molar-refractivity contribution in [2.45, 2.75) is 27.7 Å².